The molecule has 1 aliphatic heterocycles. The molecule has 0 N–H and O–H groups in total. The first-order valence-corrected chi connectivity index (χ1v) is 5.47. The number of aryl methyl sites for hydroxylation is 1. The van der Waals surface area contributed by atoms with Crippen LogP contribution in [0.5, 0.6) is 0 Å². The lowest BCUT2D eigenvalue weighted by Crippen LogP contribution is -2.36. The van der Waals surface area contributed by atoms with Crippen molar-refractivity contribution in [2.75, 3.05) is 6.54 Å². The van der Waals surface area contributed by atoms with Gasteiger partial charge in [0.05, 0.1) is 0 Å². The van der Waals surface area contributed by atoms with Crippen molar-refractivity contribution in [3.63, 3.8) is 0 Å². The Kier molecular flexibility index (Phi) is 2.18. The van der Waals surface area contributed by atoms with Crippen molar-refractivity contribution in [1.29, 1.82) is 0 Å². The van der Waals surface area contributed by atoms with E-state index >= 15 is 0 Å². The van der Waals surface area contributed by atoms with E-state index in [1.54, 1.807) is 0 Å². The molecule has 2 rings (SSSR count). The molecule has 1 aliphatic rings. The van der Waals surface area contributed by atoms with Crippen LogP contribution in [0.3, 0.4) is 0 Å². The lowest BCUT2D eigenvalue weighted by atomic mass is 9.85. The first kappa shape index (κ1) is 10.3. The molecule has 0 aromatic carbocycles. The van der Waals surface area contributed by atoms with Gasteiger partial charge in [0.1, 0.15) is 6.54 Å². The average molecular weight is 203 g/mol. The third-order valence-corrected chi connectivity index (χ3v) is 2.97. The molecule has 1 aromatic heterocycles. The van der Waals surface area contributed by atoms with Crippen LogP contribution in [-0.2, 0) is 5.41 Å². The molecule has 1 aromatic rings. The topological polar surface area (TPSA) is 18.3 Å². The van der Waals surface area contributed by atoms with Crippen molar-refractivity contribution in [2.45, 2.75) is 40.0 Å². The third kappa shape index (κ3) is 1.69. The van der Waals surface area contributed by atoms with E-state index in [-0.39, 0.29) is 5.41 Å². The average Bonchev–Trinajstić information content (AvgIpc) is 2.44. The predicted molar refractivity (Wildman–Crippen MR) is 61.5 cm³/mol. The van der Waals surface area contributed by atoms with Crippen LogP contribution >= 0.6 is 0 Å². The highest BCUT2D eigenvalue weighted by Crippen LogP contribution is 2.23. The highest BCUT2D eigenvalue weighted by atomic mass is 15.2. The molecule has 0 saturated carbocycles. The summed E-state index contributed by atoms with van der Waals surface area (Å²) in [4.78, 5) is 0. The van der Waals surface area contributed by atoms with Gasteiger partial charge in [0, 0.05) is 17.2 Å². The van der Waals surface area contributed by atoms with Crippen LogP contribution in [0.25, 0.3) is 5.57 Å². The summed E-state index contributed by atoms with van der Waals surface area (Å²) in [5.74, 6) is 0. The molecule has 80 valence electrons. The van der Waals surface area contributed by atoms with Gasteiger partial charge in [-0.25, -0.2) is 0 Å². The zero-order valence-electron chi connectivity index (χ0n) is 10.3. The zero-order valence-corrected chi connectivity index (χ0v) is 10.3. The molecule has 0 amide bonds. The molecule has 2 heteroatoms. The normalized spacial score (nSPS) is 15.1. The monoisotopic (exact) mass is 203 g/mol. The first-order chi connectivity index (χ1) is 6.89. The molecule has 0 unspecified atom stereocenters. The SMILES string of the molecule is CC1=c2cc(C(C)(C)C)c(C)c[n+]2=NC1. The first-order valence-electron chi connectivity index (χ1n) is 5.47. The maximum atomic E-state index is 4.44. The van der Waals surface area contributed by atoms with Gasteiger partial charge in [-0.2, -0.15) is 0 Å². The van der Waals surface area contributed by atoms with Gasteiger partial charge in [-0.15, -0.1) is 0 Å². The van der Waals surface area contributed by atoms with E-state index in [0.29, 0.717) is 0 Å². The largest absolute Gasteiger partial charge is 0.238 e. The van der Waals surface area contributed by atoms with Crippen LogP contribution in [0.15, 0.2) is 17.4 Å². The van der Waals surface area contributed by atoms with Crippen molar-refractivity contribution >= 4 is 5.57 Å². The maximum Gasteiger partial charge on any atom is 0.238 e. The second kappa shape index (κ2) is 3.16. The summed E-state index contributed by atoms with van der Waals surface area (Å²) in [7, 11) is 0. The van der Waals surface area contributed by atoms with Gasteiger partial charge in [-0.3, -0.25) is 0 Å². The Hall–Kier alpha value is -1.18. The summed E-state index contributed by atoms with van der Waals surface area (Å²) in [5, 5.41) is 5.71. The van der Waals surface area contributed by atoms with Gasteiger partial charge in [-0.1, -0.05) is 25.1 Å². The molecule has 2 nitrogen and oxygen atoms in total. The Morgan fingerprint density at radius 2 is 1.93 bits per heavy atom. The van der Waals surface area contributed by atoms with Gasteiger partial charge in [0.15, 0.2) is 0 Å². The molecule has 0 spiro atoms. The molecule has 0 atom stereocenters. The summed E-state index contributed by atoms with van der Waals surface area (Å²) in [6.45, 7) is 11.9. The van der Waals surface area contributed by atoms with Gasteiger partial charge in [0.25, 0.3) is 0 Å². The molecule has 0 fully saturated rings. The van der Waals surface area contributed by atoms with E-state index in [0.717, 1.165) is 6.54 Å². The number of aromatic nitrogens is 1. The lowest BCUT2D eigenvalue weighted by molar-refractivity contribution is -0.558. The minimum atomic E-state index is 0.211. The van der Waals surface area contributed by atoms with E-state index in [9.17, 15) is 0 Å². The Morgan fingerprint density at radius 1 is 1.27 bits per heavy atom. The van der Waals surface area contributed by atoms with Crippen LogP contribution in [0.4, 0.5) is 0 Å². The van der Waals surface area contributed by atoms with E-state index in [1.165, 1.54) is 22.0 Å². The highest BCUT2D eigenvalue weighted by Gasteiger charge is 2.21. The lowest BCUT2D eigenvalue weighted by Gasteiger charge is -2.19. The summed E-state index contributed by atoms with van der Waals surface area (Å²) in [5.41, 5.74) is 4.32. The predicted octanol–water partition coefficient (Wildman–Crippen LogP) is 1.80. The molecule has 0 bridgehead atoms. The van der Waals surface area contributed by atoms with Gasteiger partial charge >= 0.3 is 0 Å². The zero-order chi connectivity index (χ0) is 11.2. The van der Waals surface area contributed by atoms with Crippen molar-refractivity contribution < 1.29 is 4.36 Å². The Bertz CT molecular complexity index is 519. The van der Waals surface area contributed by atoms with Crippen LogP contribution in [-0.4, -0.2) is 6.54 Å². The molecule has 0 aliphatic carbocycles. The van der Waals surface area contributed by atoms with Gasteiger partial charge in [-0.05, 0) is 29.9 Å². The summed E-state index contributed by atoms with van der Waals surface area (Å²) >= 11 is 0. The summed E-state index contributed by atoms with van der Waals surface area (Å²) in [6.07, 6.45) is 2.15. The minimum Gasteiger partial charge on any atom is -0.0567 e. The quantitative estimate of drug-likeness (QED) is 0.572. The Labute approximate surface area is 91.0 Å². The van der Waals surface area contributed by atoms with Gasteiger partial charge < -0.3 is 0 Å². The fourth-order valence-corrected chi connectivity index (χ4v) is 2.15. The molecular formula is C13H19N2+. The number of nitrogens with zero attached hydrogens (tertiary/aromatic N) is 2. The van der Waals surface area contributed by atoms with Crippen molar-refractivity contribution in [3.05, 3.63) is 28.7 Å². The van der Waals surface area contributed by atoms with Crippen molar-refractivity contribution in [2.24, 2.45) is 5.11 Å². The summed E-state index contributed by atoms with van der Waals surface area (Å²) in [6, 6.07) is 2.29. The Morgan fingerprint density at radius 3 is 2.53 bits per heavy atom. The second-order valence-corrected chi connectivity index (χ2v) is 5.43. The van der Waals surface area contributed by atoms with Crippen LogP contribution in [0.2, 0.25) is 0 Å². The van der Waals surface area contributed by atoms with E-state index in [2.05, 4.69) is 52.0 Å². The number of fused-ring (bicyclic) bond motifs is 1. The molecule has 15 heavy (non-hydrogen) atoms. The smallest absolute Gasteiger partial charge is 0.0567 e. The van der Waals surface area contributed by atoms with Crippen LogP contribution in [0, 0.1) is 6.92 Å². The fourth-order valence-electron chi connectivity index (χ4n) is 2.15. The molecule has 0 radical (unpaired) electrons. The van der Waals surface area contributed by atoms with E-state index in [1.807, 2.05) is 4.36 Å². The van der Waals surface area contributed by atoms with Crippen LogP contribution in [0.1, 0.15) is 38.8 Å². The van der Waals surface area contributed by atoms with E-state index in [4.69, 9.17) is 0 Å². The van der Waals surface area contributed by atoms with E-state index < -0.39 is 0 Å². The molecular weight excluding hydrogens is 184 g/mol. The molecule has 0 saturated heterocycles. The summed E-state index contributed by atoms with van der Waals surface area (Å²) < 4.78 is 2.01. The van der Waals surface area contributed by atoms with Crippen LogP contribution < -0.4 is 9.71 Å². The number of hydrogen-bond acceptors (Lipinski definition) is 1. The number of rotatable bonds is 0. The third-order valence-electron chi connectivity index (χ3n) is 2.97. The molecule has 2 heterocycles. The van der Waals surface area contributed by atoms with Gasteiger partial charge in [0.2, 0.25) is 11.5 Å². The Balaban J connectivity index is 2.79. The van der Waals surface area contributed by atoms with Crippen molar-refractivity contribution in [3.8, 4) is 0 Å². The fraction of sp³-hybridized carbons (Fsp3) is 0.538. The second-order valence-electron chi connectivity index (χ2n) is 5.43. The highest BCUT2D eigenvalue weighted by molar-refractivity contribution is 5.42. The number of pyridine rings is 1. The standard InChI is InChI=1S/C13H19N2/c1-9-7-14-15-8-10(2)11(6-12(9)15)13(3,4)5/h6,8H,7H2,1-5H3/q+1. The van der Waals surface area contributed by atoms with Crippen molar-refractivity contribution in [1.82, 2.24) is 0 Å². The number of hydrogen-bond donors (Lipinski definition) is 0. The minimum absolute atomic E-state index is 0.211. The maximum absolute atomic E-state index is 4.44.